The molecule has 0 N–H and O–H groups in total. The van der Waals surface area contributed by atoms with Crippen LogP contribution in [0.15, 0.2) is 0 Å². The Morgan fingerprint density at radius 3 is 2.50 bits per heavy atom. The molecule has 0 amide bonds. The highest BCUT2D eigenvalue weighted by Gasteiger charge is 2.51. The minimum absolute atomic E-state index is 0.206. The molecular weight excluding hydrogens is 200 g/mol. The predicted molar refractivity (Wildman–Crippen MR) is 54.4 cm³/mol. The summed E-state index contributed by atoms with van der Waals surface area (Å²) < 4.78 is 11.9. The van der Waals surface area contributed by atoms with Crippen LogP contribution in [0.2, 0.25) is 0 Å². The van der Waals surface area contributed by atoms with E-state index in [1.807, 2.05) is 0 Å². The van der Waals surface area contributed by atoms with Crippen LogP contribution in [0.4, 0.5) is 0 Å². The quantitative estimate of drug-likeness (QED) is 0.628. The molecule has 1 aliphatic heterocycles. The van der Waals surface area contributed by atoms with Gasteiger partial charge in [-0.3, -0.25) is 0 Å². The van der Waals surface area contributed by atoms with Gasteiger partial charge in [0.2, 0.25) is 0 Å². The molecule has 3 rings (SSSR count). The Bertz CT molecular complexity index is 225. The second-order valence-electron chi connectivity index (χ2n) is 4.85. The van der Waals surface area contributed by atoms with Gasteiger partial charge in [0.15, 0.2) is 5.79 Å². The molecule has 80 valence electrons. The van der Waals surface area contributed by atoms with Crippen molar-refractivity contribution in [2.75, 3.05) is 6.61 Å². The van der Waals surface area contributed by atoms with E-state index in [2.05, 4.69) is 0 Å². The lowest BCUT2D eigenvalue weighted by atomic mass is 9.94. The van der Waals surface area contributed by atoms with E-state index in [9.17, 15) is 0 Å². The van der Waals surface area contributed by atoms with E-state index < -0.39 is 0 Å². The topological polar surface area (TPSA) is 18.5 Å². The van der Waals surface area contributed by atoms with Gasteiger partial charge >= 0.3 is 0 Å². The standard InChI is InChI=1S/C11H17ClO2/c12-9-6-8(9)10-7-13-11(14-10)4-2-1-3-5-11/h8-10H,1-7H2. The molecule has 0 radical (unpaired) electrons. The van der Waals surface area contributed by atoms with Crippen molar-refractivity contribution in [2.24, 2.45) is 5.92 Å². The van der Waals surface area contributed by atoms with Crippen molar-refractivity contribution in [3.05, 3.63) is 0 Å². The summed E-state index contributed by atoms with van der Waals surface area (Å²) >= 11 is 6.02. The molecule has 2 aliphatic carbocycles. The lowest BCUT2D eigenvalue weighted by Crippen LogP contribution is -2.33. The second kappa shape index (κ2) is 3.36. The van der Waals surface area contributed by atoms with E-state index in [1.54, 1.807) is 0 Å². The van der Waals surface area contributed by atoms with E-state index in [1.165, 1.54) is 19.3 Å². The molecule has 3 aliphatic rings. The number of hydrogen-bond acceptors (Lipinski definition) is 2. The van der Waals surface area contributed by atoms with E-state index in [-0.39, 0.29) is 11.9 Å². The van der Waals surface area contributed by atoms with Gasteiger partial charge in [0.05, 0.1) is 12.7 Å². The number of hydrogen-bond donors (Lipinski definition) is 0. The van der Waals surface area contributed by atoms with Gasteiger partial charge in [-0.1, -0.05) is 6.42 Å². The van der Waals surface area contributed by atoms with Crippen molar-refractivity contribution < 1.29 is 9.47 Å². The van der Waals surface area contributed by atoms with Gasteiger partial charge in [-0.2, -0.15) is 0 Å². The maximum absolute atomic E-state index is 6.08. The van der Waals surface area contributed by atoms with Crippen LogP contribution in [0, 0.1) is 5.92 Å². The third-order valence-electron chi connectivity index (χ3n) is 3.73. The van der Waals surface area contributed by atoms with Crippen molar-refractivity contribution >= 4 is 11.6 Å². The molecule has 1 spiro atoms. The molecule has 0 aromatic rings. The van der Waals surface area contributed by atoms with Gasteiger partial charge in [-0.15, -0.1) is 11.6 Å². The number of ether oxygens (including phenoxy) is 2. The van der Waals surface area contributed by atoms with E-state index in [0.29, 0.717) is 11.3 Å². The van der Waals surface area contributed by atoms with Crippen molar-refractivity contribution in [3.8, 4) is 0 Å². The first-order chi connectivity index (χ1) is 6.79. The van der Waals surface area contributed by atoms with Crippen LogP contribution in [-0.2, 0) is 9.47 Å². The zero-order chi connectivity index (χ0) is 9.60. The molecule has 1 heterocycles. The summed E-state index contributed by atoms with van der Waals surface area (Å²) in [6.45, 7) is 0.772. The molecule has 3 heteroatoms. The molecule has 3 atom stereocenters. The molecule has 0 bridgehead atoms. The highest BCUT2D eigenvalue weighted by Crippen LogP contribution is 2.47. The van der Waals surface area contributed by atoms with Gasteiger partial charge in [0.25, 0.3) is 0 Å². The van der Waals surface area contributed by atoms with Crippen LogP contribution < -0.4 is 0 Å². The fraction of sp³-hybridized carbons (Fsp3) is 1.00. The van der Waals surface area contributed by atoms with Crippen molar-refractivity contribution in [3.63, 3.8) is 0 Å². The molecule has 1 saturated heterocycles. The fourth-order valence-electron chi connectivity index (χ4n) is 2.71. The first kappa shape index (κ1) is 9.44. The molecule has 3 fully saturated rings. The largest absolute Gasteiger partial charge is 0.347 e. The van der Waals surface area contributed by atoms with Crippen molar-refractivity contribution in [1.82, 2.24) is 0 Å². The van der Waals surface area contributed by atoms with E-state index in [4.69, 9.17) is 21.1 Å². The Kier molecular flexibility index (Phi) is 2.26. The van der Waals surface area contributed by atoms with Crippen LogP contribution in [0.1, 0.15) is 38.5 Å². The average molecular weight is 217 g/mol. The van der Waals surface area contributed by atoms with Gasteiger partial charge < -0.3 is 9.47 Å². The minimum Gasteiger partial charge on any atom is -0.347 e. The van der Waals surface area contributed by atoms with Gasteiger partial charge in [0.1, 0.15) is 0 Å². The molecule has 3 unspecified atom stereocenters. The summed E-state index contributed by atoms with van der Waals surface area (Å²) in [4.78, 5) is 0. The SMILES string of the molecule is ClC1CC1C1COC2(CCCCC2)O1. The zero-order valence-corrected chi connectivity index (χ0v) is 9.13. The monoisotopic (exact) mass is 216 g/mol. The highest BCUT2D eigenvalue weighted by atomic mass is 35.5. The van der Waals surface area contributed by atoms with Crippen LogP contribution >= 0.6 is 11.6 Å². The number of halogens is 1. The summed E-state index contributed by atoms with van der Waals surface area (Å²) in [5.74, 6) is 0.361. The number of rotatable bonds is 1. The molecule has 0 aromatic carbocycles. The molecule has 0 aromatic heterocycles. The minimum atomic E-state index is -0.206. The Morgan fingerprint density at radius 1 is 1.14 bits per heavy atom. The zero-order valence-electron chi connectivity index (χ0n) is 8.38. The normalized spacial score (nSPS) is 45.6. The summed E-state index contributed by atoms with van der Waals surface area (Å²) in [6.07, 6.45) is 7.41. The summed E-state index contributed by atoms with van der Waals surface area (Å²) in [6, 6.07) is 0. The Hall–Kier alpha value is 0.210. The third-order valence-corrected chi connectivity index (χ3v) is 4.23. The van der Waals surface area contributed by atoms with Crippen LogP contribution in [0.25, 0.3) is 0 Å². The van der Waals surface area contributed by atoms with Gasteiger partial charge in [-0.25, -0.2) is 0 Å². The smallest absolute Gasteiger partial charge is 0.168 e. The molecule has 2 nitrogen and oxygen atoms in total. The van der Waals surface area contributed by atoms with E-state index >= 15 is 0 Å². The first-order valence-corrected chi connectivity index (χ1v) is 6.19. The molecular formula is C11H17ClO2. The summed E-state index contributed by atoms with van der Waals surface area (Å²) in [7, 11) is 0. The maximum Gasteiger partial charge on any atom is 0.168 e. The fourth-order valence-corrected chi connectivity index (χ4v) is 3.08. The Balaban J connectivity index is 1.62. The van der Waals surface area contributed by atoms with Crippen LogP contribution in [0.5, 0.6) is 0 Å². The van der Waals surface area contributed by atoms with Crippen molar-refractivity contribution in [1.29, 1.82) is 0 Å². The Morgan fingerprint density at radius 2 is 1.86 bits per heavy atom. The summed E-state index contributed by atoms with van der Waals surface area (Å²) in [5, 5.41) is 0.349. The lowest BCUT2D eigenvalue weighted by molar-refractivity contribution is -0.188. The average Bonchev–Trinajstić information content (AvgIpc) is 2.79. The van der Waals surface area contributed by atoms with Crippen LogP contribution in [-0.4, -0.2) is 23.9 Å². The summed E-state index contributed by atoms with van der Waals surface area (Å²) in [5.41, 5.74) is 0. The lowest BCUT2D eigenvalue weighted by Gasteiger charge is -2.31. The molecule has 14 heavy (non-hydrogen) atoms. The maximum atomic E-state index is 6.08. The van der Waals surface area contributed by atoms with Crippen molar-refractivity contribution in [2.45, 2.75) is 55.8 Å². The highest BCUT2D eigenvalue weighted by molar-refractivity contribution is 6.22. The van der Waals surface area contributed by atoms with Crippen LogP contribution in [0.3, 0.4) is 0 Å². The predicted octanol–water partition coefficient (Wildman–Crippen LogP) is 2.69. The Labute approximate surface area is 89.9 Å². The second-order valence-corrected chi connectivity index (χ2v) is 5.41. The van der Waals surface area contributed by atoms with Gasteiger partial charge in [-0.05, 0) is 19.3 Å². The number of alkyl halides is 1. The molecule has 2 saturated carbocycles. The van der Waals surface area contributed by atoms with E-state index in [0.717, 1.165) is 25.9 Å². The van der Waals surface area contributed by atoms with Gasteiger partial charge in [0, 0.05) is 24.1 Å². The first-order valence-electron chi connectivity index (χ1n) is 5.75. The third kappa shape index (κ3) is 1.58.